The van der Waals surface area contributed by atoms with Crippen LogP contribution < -0.4 is 9.47 Å². The third-order valence-electron chi connectivity index (χ3n) is 3.07. The summed E-state index contributed by atoms with van der Waals surface area (Å²) in [6.45, 7) is 2.44. The summed E-state index contributed by atoms with van der Waals surface area (Å²) in [6, 6.07) is 17.5. The van der Waals surface area contributed by atoms with Crippen LogP contribution in [0.2, 0.25) is 0 Å². The van der Waals surface area contributed by atoms with Crippen molar-refractivity contribution in [3.8, 4) is 11.5 Å². The van der Waals surface area contributed by atoms with Crippen molar-refractivity contribution in [1.82, 2.24) is 0 Å². The van der Waals surface area contributed by atoms with E-state index in [2.05, 4.69) is 12.1 Å². The molecule has 110 valence electrons. The second kappa shape index (κ2) is 8.10. The Morgan fingerprint density at radius 3 is 2.29 bits per heavy atom. The third-order valence-corrected chi connectivity index (χ3v) is 3.07. The van der Waals surface area contributed by atoms with Gasteiger partial charge < -0.3 is 9.47 Å². The van der Waals surface area contributed by atoms with Gasteiger partial charge in [-0.3, -0.25) is 4.79 Å². The minimum absolute atomic E-state index is 0.230. The number of ether oxygens (including phenoxy) is 2. The molecule has 0 aliphatic rings. The minimum atomic E-state index is -0.230. The van der Waals surface area contributed by atoms with Crippen molar-refractivity contribution in [3.05, 3.63) is 60.2 Å². The van der Waals surface area contributed by atoms with Gasteiger partial charge in [-0.05, 0) is 42.7 Å². The standard InChI is InChI=1S/C18H20O3/c1-2-18(19)21-17-12-10-16(11-13-17)20-14-6-9-15-7-4-3-5-8-15/h3-5,7-8,10-13H,2,6,9,14H2,1H3. The molecule has 0 unspecified atom stereocenters. The molecule has 2 rings (SSSR count). The summed E-state index contributed by atoms with van der Waals surface area (Å²) in [4.78, 5) is 11.2. The highest BCUT2D eigenvalue weighted by atomic mass is 16.5. The van der Waals surface area contributed by atoms with E-state index >= 15 is 0 Å². The minimum Gasteiger partial charge on any atom is -0.494 e. The Bertz CT molecular complexity index is 546. The first-order valence-corrected chi connectivity index (χ1v) is 7.25. The zero-order valence-electron chi connectivity index (χ0n) is 12.2. The Balaban J connectivity index is 1.72. The van der Waals surface area contributed by atoms with Gasteiger partial charge in [0.05, 0.1) is 6.61 Å². The fourth-order valence-electron chi connectivity index (χ4n) is 1.92. The average Bonchev–Trinajstić information content (AvgIpc) is 2.54. The number of hydrogen-bond donors (Lipinski definition) is 0. The number of benzene rings is 2. The smallest absolute Gasteiger partial charge is 0.310 e. The van der Waals surface area contributed by atoms with Crippen LogP contribution in [0.3, 0.4) is 0 Å². The first-order valence-electron chi connectivity index (χ1n) is 7.25. The maximum absolute atomic E-state index is 11.2. The van der Waals surface area contributed by atoms with Crippen LogP contribution >= 0.6 is 0 Å². The maximum atomic E-state index is 11.2. The summed E-state index contributed by atoms with van der Waals surface area (Å²) in [5.74, 6) is 1.12. The predicted octanol–water partition coefficient (Wildman–Crippen LogP) is 4.01. The van der Waals surface area contributed by atoms with Crippen LogP contribution in [0, 0.1) is 0 Å². The second-order valence-corrected chi connectivity index (χ2v) is 4.74. The Morgan fingerprint density at radius 1 is 0.952 bits per heavy atom. The van der Waals surface area contributed by atoms with Gasteiger partial charge >= 0.3 is 5.97 Å². The summed E-state index contributed by atoms with van der Waals surface area (Å²) in [7, 11) is 0. The van der Waals surface area contributed by atoms with E-state index < -0.39 is 0 Å². The average molecular weight is 284 g/mol. The van der Waals surface area contributed by atoms with Crippen LogP contribution in [-0.4, -0.2) is 12.6 Å². The molecule has 0 spiro atoms. The molecule has 0 bridgehead atoms. The summed E-state index contributed by atoms with van der Waals surface area (Å²) < 4.78 is 10.8. The number of hydrogen-bond acceptors (Lipinski definition) is 3. The molecule has 0 aliphatic heterocycles. The van der Waals surface area contributed by atoms with Gasteiger partial charge in [0.15, 0.2) is 0 Å². The van der Waals surface area contributed by atoms with Gasteiger partial charge in [-0.25, -0.2) is 0 Å². The van der Waals surface area contributed by atoms with Gasteiger partial charge in [0.25, 0.3) is 0 Å². The fourth-order valence-corrected chi connectivity index (χ4v) is 1.92. The molecule has 2 aromatic carbocycles. The van der Waals surface area contributed by atoms with Crippen molar-refractivity contribution >= 4 is 5.97 Å². The molecule has 0 aromatic heterocycles. The van der Waals surface area contributed by atoms with Gasteiger partial charge in [-0.2, -0.15) is 0 Å². The van der Waals surface area contributed by atoms with Crippen LogP contribution in [0.1, 0.15) is 25.3 Å². The number of carbonyl (C=O) groups is 1. The molecule has 0 saturated heterocycles. The number of carbonyl (C=O) groups excluding carboxylic acids is 1. The second-order valence-electron chi connectivity index (χ2n) is 4.74. The third kappa shape index (κ3) is 5.30. The molecule has 2 aromatic rings. The fraction of sp³-hybridized carbons (Fsp3) is 0.278. The van der Waals surface area contributed by atoms with Crippen molar-refractivity contribution in [3.63, 3.8) is 0 Å². The van der Waals surface area contributed by atoms with Gasteiger partial charge in [0.2, 0.25) is 0 Å². The van der Waals surface area contributed by atoms with Crippen molar-refractivity contribution in [2.45, 2.75) is 26.2 Å². The van der Waals surface area contributed by atoms with E-state index in [9.17, 15) is 4.79 Å². The quantitative estimate of drug-likeness (QED) is 0.438. The number of esters is 1. The summed E-state index contributed by atoms with van der Waals surface area (Å²) in [5, 5.41) is 0. The Morgan fingerprint density at radius 2 is 1.62 bits per heavy atom. The van der Waals surface area contributed by atoms with Gasteiger partial charge in [0.1, 0.15) is 11.5 Å². The molecule has 0 amide bonds. The lowest BCUT2D eigenvalue weighted by atomic mass is 10.1. The zero-order chi connectivity index (χ0) is 14.9. The monoisotopic (exact) mass is 284 g/mol. The van der Waals surface area contributed by atoms with Crippen LogP contribution in [0.5, 0.6) is 11.5 Å². The zero-order valence-corrected chi connectivity index (χ0v) is 12.2. The largest absolute Gasteiger partial charge is 0.494 e. The van der Waals surface area contributed by atoms with E-state index in [0.717, 1.165) is 18.6 Å². The highest BCUT2D eigenvalue weighted by Gasteiger charge is 2.01. The van der Waals surface area contributed by atoms with E-state index in [1.807, 2.05) is 30.3 Å². The molecule has 0 heterocycles. The van der Waals surface area contributed by atoms with Crippen molar-refractivity contribution in [1.29, 1.82) is 0 Å². The van der Waals surface area contributed by atoms with E-state index in [4.69, 9.17) is 9.47 Å². The predicted molar refractivity (Wildman–Crippen MR) is 82.6 cm³/mol. The van der Waals surface area contributed by atoms with Gasteiger partial charge in [0, 0.05) is 6.42 Å². The van der Waals surface area contributed by atoms with E-state index in [-0.39, 0.29) is 5.97 Å². The molecule has 21 heavy (non-hydrogen) atoms. The Kier molecular flexibility index (Phi) is 5.83. The Labute approximate surface area is 125 Å². The molecule has 0 N–H and O–H groups in total. The highest BCUT2D eigenvalue weighted by molar-refractivity contribution is 5.71. The van der Waals surface area contributed by atoms with Crippen molar-refractivity contribution in [2.24, 2.45) is 0 Å². The number of aryl methyl sites for hydroxylation is 1. The van der Waals surface area contributed by atoms with Crippen LogP contribution in [0.4, 0.5) is 0 Å². The lowest BCUT2D eigenvalue weighted by molar-refractivity contribution is -0.134. The Hall–Kier alpha value is -2.29. The summed E-state index contributed by atoms with van der Waals surface area (Å²) in [6.07, 6.45) is 2.35. The molecule has 0 fully saturated rings. The molecular formula is C18H20O3. The van der Waals surface area contributed by atoms with E-state index in [1.165, 1.54) is 5.56 Å². The molecule has 0 atom stereocenters. The van der Waals surface area contributed by atoms with Crippen molar-refractivity contribution in [2.75, 3.05) is 6.61 Å². The molecule has 0 radical (unpaired) electrons. The first kappa shape index (κ1) is 15.1. The SMILES string of the molecule is CCC(=O)Oc1ccc(OCCCc2ccccc2)cc1. The lowest BCUT2D eigenvalue weighted by Crippen LogP contribution is -2.05. The van der Waals surface area contributed by atoms with Gasteiger partial charge in [-0.1, -0.05) is 37.3 Å². The summed E-state index contributed by atoms with van der Waals surface area (Å²) >= 11 is 0. The summed E-state index contributed by atoms with van der Waals surface area (Å²) in [5.41, 5.74) is 1.32. The molecule has 0 aliphatic carbocycles. The normalized spacial score (nSPS) is 10.1. The van der Waals surface area contributed by atoms with Crippen LogP contribution in [-0.2, 0) is 11.2 Å². The van der Waals surface area contributed by atoms with E-state index in [1.54, 1.807) is 19.1 Å². The molecular weight excluding hydrogens is 264 g/mol. The van der Waals surface area contributed by atoms with Crippen LogP contribution in [0.25, 0.3) is 0 Å². The number of rotatable bonds is 7. The molecule has 0 saturated carbocycles. The van der Waals surface area contributed by atoms with Crippen LogP contribution in [0.15, 0.2) is 54.6 Å². The highest BCUT2D eigenvalue weighted by Crippen LogP contribution is 2.18. The first-order chi connectivity index (χ1) is 10.3. The molecule has 3 nitrogen and oxygen atoms in total. The topological polar surface area (TPSA) is 35.5 Å². The van der Waals surface area contributed by atoms with Crippen molar-refractivity contribution < 1.29 is 14.3 Å². The molecule has 3 heteroatoms. The van der Waals surface area contributed by atoms with Gasteiger partial charge in [-0.15, -0.1) is 0 Å². The van der Waals surface area contributed by atoms with E-state index in [0.29, 0.717) is 18.8 Å². The maximum Gasteiger partial charge on any atom is 0.310 e. The lowest BCUT2D eigenvalue weighted by Gasteiger charge is -2.07.